The van der Waals surface area contributed by atoms with Gasteiger partial charge in [0.15, 0.2) is 0 Å². The SMILES string of the molecule is C1=CN(B(Cc2cccs2)c2cccs2)CN=C1c1ccccc1. The predicted octanol–water partition coefficient (Wildman–Crippen LogP) is 4.07. The van der Waals surface area contributed by atoms with Crippen molar-refractivity contribution in [2.45, 2.75) is 6.32 Å². The van der Waals surface area contributed by atoms with Crippen LogP contribution in [0.1, 0.15) is 10.4 Å². The lowest BCUT2D eigenvalue weighted by atomic mass is 9.55. The first-order chi connectivity index (χ1) is 11.9. The fraction of sp³-hybridized carbons (Fsp3) is 0.105. The predicted molar refractivity (Wildman–Crippen MR) is 107 cm³/mol. The van der Waals surface area contributed by atoms with E-state index in [1.807, 2.05) is 28.7 Å². The van der Waals surface area contributed by atoms with Gasteiger partial charge in [-0.1, -0.05) is 48.5 Å². The van der Waals surface area contributed by atoms with Crippen molar-refractivity contribution >= 4 is 40.0 Å². The number of rotatable bonds is 5. The Hall–Kier alpha value is -2.11. The third-order valence-corrected chi connectivity index (χ3v) is 6.02. The number of hydrogen-bond donors (Lipinski definition) is 0. The molecule has 3 heterocycles. The Morgan fingerprint density at radius 1 is 0.958 bits per heavy atom. The summed E-state index contributed by atoms with van der Waals surface area (Å²) in [5.74, 6) is 0. The van der Waals surface area contributed by atoms with Gasteiger partial charge in [-0.05, 0) is 50.6 Å². The normalized spacial score (nSPS) is 13.8. The molecular weight excluding hydrogens is 331 g/mol. The lowest BCUT2D eigenvalue weighted by Crippen LogP contribution is -2.47. The number of allylic oxidation sites excluding steroid dienone is 1. The van der Waals surface area contributed by atoms with E-state index in [2.05, 4.69) is 76.4 Å². The number of nitrogens with zero attached hydrogens (tertiary/aromatic N) is 2. The lowest BCUT2D eigenvalue weighted by Gasteiger charge is -2.28. The van der Waals surface area contributed by atoms with Crippen molar-refractivity contribution in [1.29, 1.82) is 0 Å². The molecule has 1 aromatic carbocycles. The van der Waals surface area contributed by atoms with E-state index >= 15 is 0 Å². The quantitative estimate of drug-likeness (QED) is 0.635. The molecule has 24 heavy (non-hydrogen) atoms. The van der Waals surface area contributed by atoms with Crippen LogP contribution in [0.2, 0.25) is 0 Å². The first kappa shape index (κ1) is 15.4. The molecule has 3 aromatic rings. The summed E-state index contributed by atoms with van der Waals surface area (Å²) < 4.78 is 1.39. The molecule has 1 aliphatic rings. The molecule has 0 unspecified atom stereocenters. The van der Waals surface area contributed by atoms with Crippen LogP contribution in [0.4, 0.5) is 0 Å². The Balaban J connectivity index is 1.55. The van der Waals surface area contributed by atoms with Crippen molar-refractivity contribution in [3.63, 3.8) is 0 Å². The van der Waals surface area contributed by atoms with Gasteiger partial charge in [-0.3, -0.25) is 4.99 Å². The van der Waals surface area contributed by atoms with Crippen LogP contribution in [0.5, 0.6) is 0 Å². The van der Waals surface area contributed by atoms with Gasteiger partial charge in [0.25, 0.3) is 0 Å². The fourth-order valence-electron chi connectivity index (χ4n) is 2.90. The van der Waals surface area contributed by atoms with Gasteiger partial charge >= 0.3 is 6.85 Å². The van der Waals surface area contributed by atoms with Crippen molar-refractivity contribution in [3.8, 4) is 0 Å². The first-order valence-electron chi connectivity index (χ1n) is 8.00. The van der Waals surface area contributed by atoms with Crippen LogP contribution >= 0.6 is 22.7 Å². The maximum Gasteiger partial charge on any atom is 0.305 e. The molecule has 0 fully saturated rings. The molecule has 0 N–H and O–H groups in total. The summed E-state index contributed by atoms with van der Waals surface area (Å²) in [5.41, 5.74) is 2.24. The summed E-state index contributed by atoms with van der Waals surface area (Å²) in [6.07, 6.45) is 5.36. The molecule has 0 amide bonds. The third kappa shape index (κ3) is 3.37. The molecule has 2 nitrogen and oxygen atoms in total. The summed E-state index contributed by atoms with van der Waals surface area (Å²) in [6.45, 7) is 1.05. The summed E-state index contributed by atoms with van der Waals surface area (Å²) in [5, 5.41) is 4.31. The van der Waals surface area contributed by atoms with Crippen LogP contribution in [0.15, 0.2) is 82.6 Å². The molecule has 0 radical (unpaired) electrons. The number of benzene rings is 1. The Morgan fingerprint density at radius 3 is 2.46 bits per heavy atom. The largest absolute Gasteiger partial charge is 0.398 e. The minimum absolute atomic E-state index is 0.348. The Morgan fingerprint density at radius 2 is 1.79 bits per heavy atom. The van der Waals surface area contributed by atoms with Gasteiger partial charge in [-0.15, -0.1) is 11.3 Å². The molecule has 4 rings (SSSR count). The van der Waals surface area contributed by atoms with E-state index in [0.717, 1.165) is 12.0 Å². The average molecular weight is 348 g/mol. The highest BCUT2D eigenvalue weighted by atomic mass is 32.1. The summed E-state index contributed by atoms with van der Waals surface area (Å²) in [6, 6.07) is 19.1. The van der Waals surface area contributed by atoms with E-state index in [-0.39, 0.29) is 0 Å². The zero-order valence-corrected chi connectivity index (χ0v) is 14.8. The van der Waals surface area contributed by atoms with E-state index in [1.54, 1.807) is 0 Å². The molecule has 2 aromatic heterocycles. The van der Waals surface area contributed by atoms with Crippen molar-refractivity contribution in [2.75, 3.05) is 6.67 Å². The van der Waals surface area contributed by atoms with Gasteiger partial charge in [-0.25, -0.2) is 0 Å². The zero-order valence-electron chi connectivity index (χ0n) is 13.2. The highest BCUT2D eigenvalue weighted by Crippen LogP contribution is 2.16. The molecule has 0 spiro atoms. The summed E-state index contributed by atoms with van der Waals surface area (Å²) >= 11 is 3.65. The Labute approximate surface area is 150 Å². The molecule has 0 saturated carbocycles. The van der Waals surface area contributed by atoms with Gasteiger partial charge < -0.3 is 4.81 Å². The fourth-order valence-corrected chi connectivity index (χ4v) is 4.49. The minimum Gasteiger partial charge on any atom is -0.398 e. The van der Waals surface area contributed by atoms with Crippen molar-refractivity contribution in [3.05, 3.63) is 88.1 Å². The van der Waals surface area contributed by atoms with Crippen molar-refractivity contribution in [2.24, 2.45) is 4.99 Å². The summed E-state index contributed by atoms with van der Waals surface area (Å²) in [7, 11) is 0. The second-order valence-electron chi connectivity index (χ2n) is 5.70. The number of hydrogen-bond acceptors (Lipinski definition) is 4. The van der Waals surface area contributed by atoms with Crippen LogP contribution in [0.3, 0.4) is 0 Å². The molecule has 118 valence electrons. The maximum absolute atomic E-state index is 4.80. The molecule has 5 heteroatoms. The molecule has 1 aliphatic heterocycles. The Kier molecular flexibility index (Phi) is 4.63. The number of aliphatic imine (C=N–C) groups is 1. The lowest BCUT2D eigenvalue weighted by molar-refractivity contribution is 0.589. The van der Waals surface area contributed by atoms with E-state index in [0.29, 0.717) is 13.5 Å². The highest BCUT2D eigenvalue weighted by Gasteiger charge is 2.26. The molecule has 0 saturated heterocycles. The molecule has 0 bridgehead atoms. The van der Waals surface area contributed by atoms with E-state index in [4.69, 9.17) is 4.99 Å². The van der Waals surface area contributed by atoms with Crippen LogP contribution in [0.25, 0.3) is 0 Å². The van der Waals surface area contributed by atoms with Gasteiger partial charge in [0, 0.05) is 0 Å². The van der Waals surface area contributed by atoms with Crippen LogP contribution in [0, 0.1) is 0 Å². The zero-order chi connectivity index (χ0) is 16.2. The maximum atomic E-state index is 4.80. The minimum atomic E-state index is 0.348. The van der Waals surface area contributed by atoms with E-state index < -0.39 is 0 Å². The average Bonchev–Trinajstić information content (AvgIpc) is 3.34. The van der Waals surface area contributed by atoms with Gasteiger partial charge in [0.2, 0.25) is 0 Å². The second kappa shape index (κ2) is 7.20. The smallest absolute Gasteiger partial charge is 0.305 e. The number of thiophene rings is 2. The van der Waals surface area contributed by atoms with E-state index in [9.17, 15) is 0 Å². The van der Waals surface area contributed by atoms with Crippen LogP contribution < -0.4 is 4.78 Å². The summed E-state index contributed by atoms with van der Waals surface area (Å²) in [4.78, 5) is 8.57. The van der Waals surface area contributed by atoms with Crippen LogP contribution in [-0.2, 0) is 6.32 Å². The molecule has 0 atom stereocenters. The van der Waals surface area contributed by atoms with Crippen molar-refractivity contribution in [1.82, 2.24) is 4.81 Å². The standard InChI is InChI=1S/C19H17BN2S2/c1-2-6-16(7-3-1)18-10-11-22(15-21-18)20(19-9-5-13-24-19)14-17-8-4-12-23-17/h1-13H,14-15H2. The van der Waals surface area contributed by atoms with Gasteiger partial charge in [0.05, 0.1) is 12.4 Å². The topological polar surface area (TPSA) is 15.6 Å². The second-order valence-corrected chi connectivity index (χ2v) is 7.71. The van der Waals surface area contributed by atoms with E-state index in [1.165, 1.54) is 15.2 Å². The first-order valence-corrected chi connectivity index (χ1v) is 9.76. The monoisotopic (exact) mass is 348 g/mol. The Bertz CT molecular complexity index is 824. The van der Waals surface area contributed by atoms with Gasteiger partial charge in [-0.2, -0.15) is 11.3 Å². The highest BCUT2D eigenvalue weighted by molar-refractivity contribution is 7.22. The van der Waals surface area contributed by atoms with Gasteiger partial charge in [0.1, 0.15) is 0 Å². The van der Waals surface area contributed by atoms with Crippen molar-refractivity contribution < 1.29 is 0 Å². The molecule has 0 aliphatic carbocycles. The molecular formula is C19H17BN2S2. The van der Waals surface area contributed by atoms with Crippen LogP contribution in [-0.4, -0.2) is 24.0 Å². The third-order valence-electron chi connectivity index (χ3n) is 4.14.